The minimum atomic E-state index is 0.160. The van der Waals surface area contributed by atoms with Gasteiger partial charge in [0.1, 0.15) is 0 Å². The molecule has 1 rings (SSSR count). The van der Waals surface area contributed by atoms with Crippen LogP contribution in [0.3, 0.4) is 0 Å². The van der Waals surface area contributed by atoms with Gasteiger partial charge in [-0.25, -0.2) is 0 Å². The highest BCUT2D eigenvalue weighted by molar-refractivity contribution is 5.85. The molecule has 0 radical (unpaired) electrons. The van der Waals surface area contributed by atoms with Crippen molar-refractivity contribution in [2.24, 2.45) is 16.8 Å². The molecule has 1 atom stereocenters. The van der Waals surface area contributed by atoms with Crippen molar-refractivity contribution in [3.63, 3.8) is 0 Å². The quantitative estimate of drug-likeness (QED) is 0.296. The second-order valence-electron chi connectivity index (χ2n) is 4.07. The number of nitrogens with two attached hydrogens (primary N) is 1. The third-order valence-corrected chi connectivity index (χ3v) is 2.42. The fraction of sp³-hybridized carbons (Fsp3) is 0.889. The summed E-state index contributed by atoms with van der Waals surface area (Å²) in [6.07, 6.45) is 2.16. The highest BCUT2D eigenvalue weighted by Crippen LogP contribution is 2.18. The normalized spacial score (nSPS) is 25.8. The van der Waals surface area contributed by atoms with Gasteiger partial charge in [0.2, 0.25) is 0 Å². The van der Waals surface area contributed by atoms with E-state index in [1.54, 1.807) is 0 Å². The molecule has 0 amide bonds. The van der Waals surface area contributed by atoms with Gasteiger partial charge in [-0.2, -0.15) is 0 Å². The molecule has 0 aromatic heterocycles. The summed E-state index contributed by atoms with van der Waals surface area (Å²) in [7, 11) is 0. The molecule has 76 valence electrons. The van der Waals surface area contributed by atoms with Gasteiger partial charge in [0, 0.05) is 6.54 Å². The van der Waals surface area contributed by atoms with E-state index in [0.29, 0.717) is 11.8 Å². The lowest BCUT2D eigenvalue weighted by atomic mass is 10.1. The molecule has 3 N–H and O–H groups in total. The molecule has 0 saturated carbocycles. The van der Waals surface area contributed by atoms with Gasteiger partial charge in [-0.15, -0.1) is 0 Å². The maximum absolute atomic E-state index is 8.58. The van der Waals surface area contributed by atoms with E-state index in [0.717, 1.165) is 25.9 Å². The Morgan fingerprint density at radius 1 is 1.69 bits per heavy atom. The van der Waals surface area contributed by atoms with Crippen LogP contribution >= 0.6 is 0 Å². The maximum atomic E-state index is 8.58. The van der Waals surface area contributed by atoms with Crippen LogP contribution in [0.4, 0.5) is 0 Å². The Morgan fingerprint density at radius 2 is 2.38 bits per heavy atom. The Morgan fingerprint density at radius 3 is 2.92 bits per heavy atom. The highest BCUT2D eigenvalue weighted by Gasteiger charge is 2.27. The summed E-state index contributed by atoms with van der Waals surface area (Å²) in [5.41, 5.74) is 5.60. The molecule has 0 spiro atoms. The number of nitrogens with zero attached hydrogens (tertiary/aromatic N) is 2. The van der Waals surface area contributed by atoms with E-state index in [1.165, 1.54) is 0 Å². The largest absolute Gasteiger partial charge is 0.409 e. The minimum absolute atomic E-state index is 0.160. The molecule has 0 aromatic carbocycles. The Labute approximate surface area is 79.4 Å². The molecule has 13 heavy (non-hydrogen) atoms. The monoisotopic (exact) mass is 185 g/mol. The van der Waals surface area contributed by atoms with Crippen molar-refractivity contribution in [3.8, 4) is 0 Å². The van der Waals surface area contributed by atoms with Gasteiger partial charge in [-0.05, 0) is 25.3 Å². The van der Waals surface area contributed by atoms with Crippen molar-refractivity contribution in [1.82, 2.24) is 4.90 Å². The topological polar surface area (TPSA) is 61.8 Å². The highest BCUT2D eigenvalue weighted by atomic mass is 16.4. The molecule has 0 aromatic rings. The van der Waals surface area contributed by atoms with Gasteiger partial charge in [-0.1, -0.05) is 19.0 Å². The summed E-state index contributed by atoms with van der Waals surface area (Å²) < 4.78 is 0. The average Bonchev–Trinajstić information content (AvgIpc) is 2.50. The van der Waals surface area contributed by atoms with Crippen LogP contribution in [-0.4, -0.2) is 35.1 Å². The van der Waals surface area contributed by atoms with Crippen molar-refractivity contribution < 1.29 is 5.21 Å². The van der Waals surface area contributed by atoms with E-state index in [2.05, 4.69) is 23.9 Å². The molecule has 1 fully saturated rings. The van der Waals surface area contributed by atoms with Crippen molar-refractivity contribution in [2.75, 3.05) is 13.1 Å². The number of rotatable bonds is 3. The minimum Gasteiger partial charge on any atom is -0.409 e. The second kappa shape index (κ2) is 4.46. The third kappa shape index (κ3) is 2.59. The Kier molecular flexibility index (Phi) is 3.54. The summed E-state index contributed by atoms with van der Waals surface area (Å²) in [5, 5.41) is 11.7. The van der Waals surface area contributed by atoms with E-state index in [-0.39, 0.29) is 6.04 Å². The van der Waals surface area contributed by atoms with Gasteiger partial charge >= 0.3 is 0 Å². The van der Waals surface area contributed by atoms with E-state index in [1.807, 2.05) is 0 Å². The summed E-state index contributed by atoms with van der Waals surface area (Å²) in [6, 6.07) is 0.160. The zero-order chi connectivity index (χ0) is 9.84. The maximum Gasteiger partial charge on any atom is 0.156 e. The van der Waals surface area contributed by atoms with Crippen molar-refractivity contribution in [2.45, 2.75) is 32.7 Å². The van der Waals surface area contributed by atoms with Gasteiger partial charge in [-0.3, -0.25) is 4.90 Å². The number of hydrogen-bond acceptors (Lipinski definition) is 3. The zero-order valence-electron chi connectivity index (χ0n) is 8.40. The number of amidine groups is 1. The van der Waals surface area contributed by atoms with Gasteiger partial charge in [0.25, 0.3) is 0 Å². The van der Waals surface area contributed by atoms with Crippen molar-refractivity contribution in [3.05, 3.63) is 0 Å². The van der Waals surface area contributed by atoms with Crippen LogP contribution in [0.5, 0.6) is 0 Å². The molecule has 1 aliphatic rings. The van der Waals surface area contributed by atoms with Crippen molar-refractivity contribution >= 4 is 5.84 Å². The van der Waals surface area contributed by atoms with E-state index >= 15 is 0 Å². The zero-order valence-corrected chi connectivity index (χ0v) is 8.40. The van der Waals surface area contributed by atoms with Crippen LogP contribution < -0.4 is 5.73 Å². The first-order valence-electron chi connectivity index (χ1n) is 4.86. The number of hydrogen-bond donors (Lipinski definition) is 2. The lowest BCUT2D eigenvalue weighted by Gasteiger charge is -2.24. The first kappa shape index (κ1) is 10.3. The van der Waals surface area contributed by atoms with Crippen LogP contribution in [0.25, 0.3) is 0 Å². The standard InChI is InChI=1S/C9H19N3O/c1-7(2)6-12-5-3-4-8(12)9(10)11-13/h7-8,13H,3-6H2,1-2H3,(H2,10,11). The van der Waals surface area contributed by atoms with Gasteiger partial charge in [0.15, 0.2) is 5.84 Å². The molecule has 4 heteroatoms. The lowest BCUT2D eigenvalue weighted by molar-refractivity contribution is 0.256. The van der Waals surface area contributed by atoms with Crippen LogP contribution in [0.15, 0.2) is 5.16 Å². The predicted octanol–water partition coefficient (Wildman–Crippen LogP) is 0.853. The Balaban J connectivity index is 2.53. The molecular formula is C9H19N3O. The second-order valence-corrected chi connectivity index (χ2v) is 4.07. The molecule has 4 nitrogen and oxygen atoms in total. The SMILES string of the molecule is CC(C)CN1CCCC1/C(N)=N/O. The summed E-state index contributed by atoms with van der Waals surface area (Å²) in [5.74, 6) is 0.991. The first-order valence-corrected chi connectivity index (χ1v) is 4.86. The Bertz CT molecular complexity index is 191. The molecular weight excluding hydrogens is 166 g/mol. The van der Waals surface area contributed by atoms with E-state index < -0.39 is 0 Å². The van der Waals surface area contributed by atoms with Crippen LogP contribution in [0.2, 0.25) is 0 Å². The van der Waals surface area contributed by atoms with E-state index in [4.69, 9.17) is 10.9 Å². The summed E-state index contributed by atoms with van der Waals surface area (Å²) in [4.78, 5) is 2.29. The molecule has 1 aliphatic heterocycles. The fourth-order valence-corrected chi connectivity index (χ4v) is 1.92. The van der Waals surface area contributed by atoms with Crippen LogP contribution in [-0.2, 0) is 0 Å². The molecule has 1 heterocycles. The molecule has 1 unspecified atom stereocenters. The molecule has 1 saturated heterocycles. The lowest BCUT2D eigenvalue weighted by Crippen LogP contribution is -2.42. The number of likely N-dealkylation sites (tertiary alicyclic amines) is 1. The Hall–Kier alpha value is -0.770. The first-order chi connectivity index (χ1) is 6.15. The smallest absolute Gasteiger partial charge is 0.156 e. The van der Waals surface area contributed by atoms with Crippen molar-refractivity contribution in [1.29, 1.82) is 0 Å². The van der Waals surface area contributed by atoms with Gasteiger partial charge in [0.05, 0.1) is 6.04 Å². The summed E-state index contributed by atoms with van der Waals surface area (Å²) in [6.45, 7) is 6.46. The molecule has 0 aliphatic carbocycles. The van der Waals surface area contributed by atoms with Crippen LogP contribution in [0.1, 0.15) is 26.7 Å². The fourth-order valence-electron chi connectivity index (χ4n) is 1.92. The van der Waals surface area contributed by atoms with E-state index in [9.17, 15) is 0 Å². The third-order valence-electron chi connectivity index (χ3n) is 2.42. The average molecular weight is 185 g/mol. The van der Waals surface area contributed by atoms with Gasteiger partial charge < -0.3 is 10.9 Å². The molecule has 0 bridgehead atoms. The summed E-state index contributed by atoms with van der Waals surface area (Å²) >= 11 is 0. The predicted molar refractivity (Wildman–Crippen MR) is 52.8 cm³/mol. The van der Waals surface area contributed by atoms with Crippen LogP contribution in [0, 0.1) is 5.92 Å². The number of oxime groups is 1.